The van der Waals surface area contributed by atoms with E-state index in [1.165, 1.54) is 11.8 Å². The van der Waals surface area contributed by atoms with Crippen LogP contribution in [0.2, 0.25) is 5.02 Å². The molecule has 2 aromatic carbocycles. The van der Waals surface area contributed by atoms with Gasteiger partial charge in [0, 0.05) is 17.1 Å². The Bertz CT molecular complexity index is 1090. The number of carbonyl (C=O) groups is 1. The number of anilines is 1. The molecule has 0 spiro atoms. The Labute approximate surface area is 190 Å². The van der Waals surface area contributed by atoms with E-state index in [1.54, 1.807) is 19.2 Å². The van der Waals surface area contributed by atoms with Crippen molar-refractivity contribution < 1.29 is 9.53 Å². The van der Waals surface area contributed by atoms with Gasteiger partial charge in [0.25, 0.3) is 0 Å². The summed E-state index contributed by atoms with van der Waals surface area (Å²) >= 11 is 7.54. The number of thioether (sulfide) groups is 1. The Morgan fingerprint density at radius 1 is 1.26 bits per heavy atom. The van der Waals surface area contributed by atoms with Crippen LogP contribution < -0.4 is 15.5 Å². The van der Waals surface area contributed by atoms with Crippen LogP contribution in [0.4, 0.5) is 5.69 Å². The molecule has 2 unspecified atom stereocenters. The van der Waals surface area contributed by atoms with Crippen LogP contribution in [0.1, 0.15) is 36.3 Å². The standard InChI is InChI=1S/C22H24ClN5O2S/c1-4-5-18-25-26-22-28(18)27-19(14-7-10-16(30-3)11-8-14)20(31-22)21(29)24-17-12-15(23)9-6-13(17)2/h6-12,19-20,27H,4-5H2,1-3H3,(H,24,29). The van der Waals surface area contributed by atoms with Crippen molar-refractivity contribution in [2.24, 2.45) is 0 Å². The SMILES string of the molecule is CCCc1nnc2n1NC(c1ccc(OC)cc1)C(C(=O)Nc1cc(Cl)ccc1C)S2. The zero-order valence-electron chi connectivity index (χ0n) is 17.6. The van der Waals surface area contributed by atoms with Gasteiger partial charge >= 0.3 is 0 Å². The van der Waals surface area contributed by atoms with Crippen LogP contribution in [-0.4, -0.2) is 33.1 Å². The van der Waals surface area contributed by atoms with Gasteiger partial charge < -0.3 is 15.5 Å². The number of fused-ring (bicyclic) bond motifs is 1. The molecule has 1 aliphatic rings. The molecule has 0 saturated heterocycles. The predicted octanol–water partition coefficient (Wildman–Crippen LogP) is 4.60. The highest BCUT2D eigenvalue weighted by Crippen LogP contribution is 2.38. The molecule has 9 heteroatoms. The minimum Gasteiger partial charge on any atom is -0.497 e. The van der Waals surface area contributed by atoms with E-state index in [0.29, 0.717) is 15.9 Å². The molecule has 7 nitrogen and oxygen atoms in total. The molecule has 2 heterocycles. The van der Waals surface area contributed by atoms with Gasteiger partial charge in [-0.2, -0.15) is 0 Å². The molecule has 0 bridgehead atoms. The first-order valence-electron chi connectivity index (χ1n) is 10.1. The van der Waals surface area contributed by atoms with Crippen LogP contribution in [0.25, 0.3) is 0 Å². The van der Waals surface area contributed by atoms with Gasteiger partial charge in [0.1, 0.15) is 11.0 Å². The second kappa shape index (κ2) is 9.20. The van der Waals surface area contributed by atoms with Gasteiger partial charge in [0.2, 0.25) is 11.1 Å². The second-order valence-electron chi connectivity index (χ2n) is 7.35. The molecule has 0 fully saturated rings. The van der Waals surface area contributed by atoms with E-state index in [9.17, 15) is 4.79 Å². The molecular formula is C22H24ClN5O2S. The first-order chi connectivity index (χ1) is 15.0. The number of nitrogens with one attached hydrogen (secondary N) is 2. The zero-order valence-corrected chi connectivity index (χ0v) is 19.1. The van der Waals surface area contributed by atoms with Crippen LogP contribution in [0.5, 0.6) is 5.75 Å². The first-order valence-corrected chi connectivity index (χ1v) is 11.3. The van der Waals surface area contributed by atoms with E-state index < -0.39 is 5.25 Å². The van der Waals surface area contributed by atoms with Crippen molar-refractivity contribution in [3.8, 4) is 5.75 Å². The monoisotopic (exact) mass is 457 g/mol. The third-order valence-corrected chi connectivity index (χ3v) is 6.62. The molecule has 31 heavy (non-hydrogen) atoms. The van der Waals surface area contributed by atoms with Gasteiger partial charge in [-0.05, 0) is 48.7 Å². The summed E-state index contributed by atoms with van der Waals surface area (Å²) < 4.78 is 7.19. The van der Waals surface area contributed by atoms with Crippen molar-refractivity contribution in [1.29, 1.82) is 0 Å². The van der Waals surface area contributed by atoms with E-state index in [0.717, 1.165) is 35.5 Å². The maximum absolute atomic E-state index is 13.4. The average Bonchev–Trinajstić information content (AvgIpc) is 3.17. The summed E-state index contributed by atoms with van der Waals surface area (Å²) in [4.78, 5) is 13.4. The van der Waals surface area contributed by atoms with Crippen molar-refractivity contribution in [2.45, 2.75) is 43.1 Å². The summed E-state index contributed by atoms with van der Waals surface area (Å²) in [6.07, 6.45) is 1.75. The van der Waals surface area contributed by atoms with E-state index in [4.69, 9.17) is 16.3 Å². The Balaban J connectivity index is 1.67. The minimum atomic E-state index is -0.460. The topological polar surface area (TPSA) is 81.1 Å². The number of aromatic nitrogens is 3. The van der Waals surface area contributed by atoms with E-state index in [2.05, 4.69) is 27.9 Å². The van der Waals surface area contributed by atoms with Crippen molar-refractivity contribution in [1.82, 2.24) is 14.9 Å². The lowest BCUT2D eigenvalue weighted by Gasteiger charge is -2.33. The summed E-state index contributed by atoms with van der Waals surface area (Å²) in [6, 6.07) is 12.9. The Hall–Kier alpha value is -2.71. The molecule has 1 amide bonds. The van der Waals surface area contributed by atoms with Gasteiger partial charge in [0.05, 0.1) is 13.2 Å². The fourth-order valence-corrected chi connectivity index (χ4v) is 4.75. The smallest absolute Gasteiger partial charge is 0.240 e. The summed E-state index contributed by atoms with van der Waals surface area (Å²) in [6.45, 7) is 4.04. The summed E-state index contributed by atoms with van der Waals surface area (Å²) in [5.41, 5.74) is 6.09. The molecule has 1 aromatic heterocycles. The largest absolute Gasteiger partial charge is 0.497 e. The van der Waals surface area contributed by atoms with Gasteiger partial charge in [-0.25, -0.2) is 4.68 Å². The number of carbonyl (C=O) groups excluding carboxylic acids is 1. The van der Waals surface area contributed by atoms with Crippen molar-refractivity contribution >= 4 is 35.0 Å². The van der Waals surface area contributed by atoms with Gasteiger partial charge in [0.15, 0.2) is 5.82 Å². The molecule has 162 valence electrons. The minimum absolute atomic E-state index is 0.130. The Morgan fingerprint density at radius 3 is 2.74 bits per heavy atom. The summed E-state index contributed by atoms with van der Waals surface area (Å²) in [7, 11) is 1.63. The van der Waals surface area contributed by atoms with Crippen LogP contribution in [0.3, 0.4) is 0 Å². The zero-order chi connectivity index (χ0) is 22.0. The van der Waals surface area contributed by atoms with Crippen LogP contribution >= 0.6 is 23.4 Å². The molecule has 2 atom stereocenters. The lowest BCUT2D eigenvalue weighted by atomic mass is 10.0. The third-order valence-electron chi connectivity index (χ3n) is 5.17. The molecule has 3 aromatic rings. The van der Waals surface area contributed by atoms with Crippen molar-refractivity contribution in [3.63, 3.8) is 0 Å². The Kier molecular flexibility index (Phi) is 6.38. The highest BCUT2D eigenvalue weighted by atomic mass is 35.5. The molecule has 0 aliphatic carbocycles. The molecular weight excluding hydrogens is 434 g/mol. The van der Waals surface area contributed by atoms with E-state index >= 15 is 0 Å². The van der Waals surface area contributed by atoms with Crippen molar-refractivity contribution in [2.75, 3.05) is 17.9 Å². The lowest BCUT2D eigenvalue weighted by Crippen LogP contribution is -2.41. The quantitative estimate of drug-likeness (QED) is 0.563. The van der Waals surface area contributed by atoms with Crippen LogP contribution in [0.15, 0.2) is 47.6 Å². The van der Waals surface area contributed by atoms with Crippen molar-refractivity contribution in [3.05, 3.63) is 64.4 Å². The third kappa shape index (κ3) is 4.50. The number of aryl methyl sites for hydroxylation is 2. The summed E-state index contributed by atoms with van der Waals surface area (Å²) in [5.74, 6) is 1.49. The number of halogens is 1. The molecule has 1 aliphatic heterocycles. The first kappa shape index (κ1) is 21.5. The van der Waals surface area contributed by atoms with Crippen LogP contribution in [-0.2, 0) is 11.2 Å². The summed E-state index contributed by atoms with van der Waals surface area (Å²) in [5, 5.41) is 12.4. The van der Waals surface area contributed by atoms with Gasteiger partial charge in [-0.3, -0.25) is 4.79 Å². The molecule has 2 N–H and O–H groups in total. The van der Waals surface area contributed by atoms with Gasteiger partial charge in [-0.15, -0.1) is 10.2 Å². The molecule has 0 saturated carbocycles. The average molecular weight is 458 g/mol. The maximum atomic E-state index is 13.4. The maximum Gasteiger partial charge on any atom is 0.240 e. The number of amides is 1. The fourth-order valence-electron chi connectivity index (χ4n) is 3.48. The number of rotatable bonds is 6. The molecule has 4 rings (SSSR count). The lowest BCUT2D eigenvalue weighted by molar-refractivity contribution is -0.116. The Morgan fingerprint density at radius 2 is 2.03 bits per heavy atom. The number of benzene rings is 2. The number of ether oxygens (including phenoxy) is 1. The van der Waals surface area contributed by atoms with Gasteiger partial charge in [-0.1, -0.05) is 48.5 Å². The number of nitrogens with zero attached hydrogens (tertiary/aromatic N) is 3. The fraction of sp³-hybridized carbons (Fsp3) is 0.318. The van der Waals surface area contributed by atoms with E-state index in [-0.39, 0.29) is 11.9 Å². The number of hydrogen-bond acceptors (Lipinski definition) is 6. The predicted molar refractivity (Wildman–Crippen MR) is 124 cm³/mol. The second-order valence-corrected chi connectivity index (χ2v) is 8.90. The normalized spacial score (nSPS) is 17.5. The van der Waals surface area contributed by atoms with E-state index in [1.807, 2.05) is 41.9 Å². The highest BCUT2D eigenvalue weighted by Gasteiger charge is 2.38. The highest BCUT2D eigenvalue weighted by molar-refractivity contribution is 8.00. The number of methoxy groups -OCH3 is 1. The molecule has 0 radical (unpaired) electrons. The van der Waals surface area contributed by atoms with Crippen LogP contribution in [0, 0.1) is 6.92 Å². The number of hydrogen-bond donors (Lipinski definition) is 2.